The summed E-state index contributed by atoms with van der Waals surface area (Å²) in [7, 11) is -2.17. The van der Waals surface area contributed by atoms with Gasteiger partial charge in [-0.3, -0.25) is 0 Å². The van der Waals surface area contributed by atoms with Crippen LogP contribution in [0, 0.1) is 0 Å². The number of hydrogen-bond donors (Lipinski definition) is 6. The fourth-order valence-corrected chi connectivity index (χ4v) is 7.69. The predicted molar refractivity (Wildman–Crippen MR) is 217 cm³/mol. The number of fused-ring (bicyclic) bond motifs is 6. The molecule has 6 N–H and O–H groups in total. The third kappa shape index (κ3) is 7.21. The van der Waals surface area contributed by atoms with Crippen molar-refractivity contribution >= 4 is 41.4 Å². The molecule has 0 atom stereocenters. The van der Waals surface area contributed by atoms with E-state index >= 15 is 0 Å². The summed E-state index contributed by atoms with van der Waals surface area (Å²) in [6.07, 6.45) is 0. The van der Waals surface area contributed by atoms with Crippen molar-refractivity contribution in [1.82, 2.24) is 0 Å². The molecule has 0 fully saturated rings. The smallest absolute Gasteiger partial charge is 0.402 e. The van der Waals surface area contributed by atoms with Crippen molar-refractivity contribution in [2.75, 3.05) is 16.0 Å². The van der Waals surface area contributed by atoms with E-state index in [2.05, 4.69) is 203 Å². The SMILES string of the molecule is CC1(C)c2ccccc2Nc2ccccc21.CC1(C)c2ccccc2Nc2ccccc21.CC1(C)c2ccccc2Nc2ccccc21.OB(O)O. The number of benzene rings is 6. The fourth-order valence-electron chi connectivity index (χ4n) is 7.69. The Balaban J connectivity index is 0.000000127. The number of hydrogen-bond acceptors (Lipinski definition) is 6. The molecule has 0 amide bonds. The Morgan fingerprint density at radius 2 is 0.442 bits per heavy atom. The minimum Gasteiger partial charge on any atom is -0.402 e. The molecule has 3 aliphatic heterocycles. The second-order valence-electron chi connectivity index (χ2n) is 14.9. The maximum absolute atomic E-state index is 7.17. The van der Waals surface area contributed by atoms with Crippen LogP contribution in [0.15, 0.2) is 146 Å². The van der Waals surface area contributed by atoms with Crippen molar-refractivity contribution in [2.24, 2.45) is 0 Å². The quantitative estimate of drug-likeness (QED) is 0.0889. The molecule has 264 valence electrons. The van der Waals surface area contributed by atoms with Crippen LogP contribution in [0.4, 0.5) is 34.1 Å². The molecular weight excluding hydrogens is 641 g/mol. The van der Waals surface area contributed by atoms with E-state index in [0.29, 0.717) is 0 Å². The average Bonchev–Trinajstić information content (AvgIpc) is 3.12. The molecule has 0 saturated carbocycles. The van der Waals surface area contributed by atoms with Gasteiger partial charge in [-0.15, -0.1) is 0 Å². The van der Waals surface area contributed by atoms with E-state index in [1.165, 1.54) is 67.5 Å². The van der Waals surface area contributed by atoms with Gasteiger partial charge in [0.2, 0.25) is 0 Å². The second-order valence-corrected chi connectivity index (χ2v) is 14.9. The molecule has 0 saturated heterocycles. The van der Waals surface area contributed by atoms with Gasteiger partial charge in [0.25, 0.3) is 0 Å². The van der Waals surface area contributed by atoms with Gasteiger partial charge < -0.3 is 31.0 Å². The molecule has 6 aromatic rings. The highest BCUT2D eigenvalue weighted by Gasteiger charge is 2.33. The van der Waals surface area contributed by atoms with Gasteiger partial charge in [0.05, 0.1) is 0 Å². The summed E-state index contributed by atoms with van der Waals surface area (Å²) in [5.41, 5.74) is 15.8. The summed E-state index contributed by atoms with van der Waals surface area (Å²) in [5.74, 6) is 0. The minimum atomic E-state index is -2.17. The van der Waals surface area contributed by atoms with E-state index in [1.54, 1.807) is 0 Å². The maximum Gasteiger partial charge on any atom is 0.631 e. The standard InChI is InChI=1S/3C15H15N.BH3O3/c3*1-15(2)11-7-3-5-9-13(11)16-14-10-6-4-8-12(14)15;2-1(3)4/h3*3-10,16H,1-2H3;2-4H. The molecule has 52 heavy (non-hydrogen) atoms. The Labute approximate surface area is 308 Å². The Morgan fingerprint density at radius 3 is 0.596 bits per heavy atom. The molecule has 3 heterocycles. The van der Waals surface area contributed by atoms with E-state index in [9.17, 15) is 0 Å². The van der Waals surface area contributed by atoms with Gasteiger partial charge in [-0.25, -0.2) is 0 Å². The molecule has 0 aliphatic carbocycles. The molecule has 9 rings (SSSR count). The van der Waals surface area contributed by atoms with Crippen molar-refractivity contribution in [2.45, 2.75) is 57.8 Å². The molecule has 0 spiro atoms. The van der Waals surface area contributed by atoms with Crippen LogP contribution >= 0.6 is 0 Å². The third-order valence-corrected chi connectivity index (χ3v) is 10.4. The zero-order chi connectivity index (χ0) is 37.1. The predicted octanol–water partition coefficient (Wildman–Crippen LogP) is 10.2. The highest BCUT2D eigenvalue weighted by atomic mass is 16.5. The summed E-state index contributed by atoms with van der Waals surface area (Å²) in [6, 6.07) is 51.2. The molecule has 6 nitrogen and oxygen atoms in total. The van der Waals surface area contributed by atoms with Crippen LogP contribution in [0.2, 0.25) is 0 Å². The number of nitrogens with one attached hydrogen (secondary N) is 3. The first-order valence-electron chi connectivity index (χ1n) is 17.7. The van der Waals surface area contributed by atoms with Crippen molar-refractivity contribution in [3.8, 4) is 0 Å². The van der Waals surface area contributed by atoms with Gasteiger partial charge in [-0.1, -0.05) is 151 Å². The Hall–Kier alpha value is -5.34. The first-order chi connectivity index (χ1) is 24.8. The second kappa shape index (κ2) is 14.7. The topological polar surface area (TPSA) is 96.8 Å². The lowest BCUT2D eigenvalue weighted by molar-refractivity contribution is 0.278. The lowest BCUT2D eigenvalue weighted by atomic mass is 9.74. The lowest BCUT2D eigenvalue weighted by Crippen LogP contribution is -2.25. The number of anilines is 6. The van der Waals surface area contributed by atoms with Crippen LogP contribution < -0.4 is 16.0 Å². The Kier molecular flexibility index (Phi) is 10.3. The van der Waals surface area contributed by atoms with Gasteiger partial charge >= 0.3 is 7.32 Å². The highest BCUT2D eigenvalue weighted by Crippen LogP contribution is 2.47. The summed E-state index contributed by atoms with van der Waals surface area (Å²) >= 11 is 0. The zero-order valence-corrected chi connectivity index (χ0v) is 30.8. The lowest BCUT2D eigenvalue weighted by Gasteiger charge is -2.35. The first-order valence-corrected chi connectivity index (χ1v) is 17.7. The molecule has 0 bridgehead atoms. The van der Waals surface area contributed by atoms with Crippen molar-refractivity contribution in [3.63, 3.8) is 0 Å². The summed E-state index contributed by atoms with van der Waals surface area (Å²) in [4.78, 5) is 0. The van der Waals surface area contributed by atoms with Gasteiger partial charge in [0, 0.05) is 50.4 Å². The van der Waals surface area contributed by atoms with Crippen molar-refractivity contribution in [1.29, 1.82) is 0 Å². The van der Waals surface area contributed by atoms with Crippen LogP contribution in [0.3, 0.4) is 0 Å². The van der Waals surface area contributed by atoms with Crippen molar-refractivity contribution < 1.29 is 15.1 Å². The summed E-state index contributed by atoms with van der Waals surface area (Å²) in [5, 5.41) is 32.0. The molecule has 0 unspecified atom stereocenters. The van der Waals surface area contributed by atoms with Crippen LogP contribution in [-0.4, -0.2) is 22.4 Å². The number of para-hydroxylation sites is 6. The van der Waals surface area contributed by atoms with Crippen LogP contribution in [0.25, 0.3) is 0 Å². The third-order valence-electron chi connectivity index (χ3n) is 10.4. The zero-order valence-electron chi connectivity index (χ0n) is 30.8. The normalized spacial score (nSPS) is 15.2. The highest BCUT2D eigenvalue weighted by molar-refractivity contribution is 6.30. The Morgan fingerprint density at radius 1 is 0.308 bits per heavy atom. The van der Waals surface area contributed by atoms with E-state index in [-0.39, 0.29) is 16.2 Å². The molecule has 3 aliphatic rings. The average molecular weight is 690 g/mol. The van der Waals surface area contributed by atoms with E-state index < -0.39 is 7.32 Å². The van der Waals surface area contributed by atoms with Crippen LogP contribution in [-0.2, 0) is 16.2 Å². The molecule has 6 aromatic carbocycles. The fraction of sp³-hybridized carbons (Fsp3) is 0.200. The van der Waals surface area contributed by atoms with Gasteiger partial charge in [0.1, 0.15) is 0 Å². The molecule has 0 radical (unpaired) electrons. The van der Waals surface area contributed by atoms with Gasteiger partial charge in [0.15, 0.2) is 0 Å². The largest absolute Gasteiger partial charge is 0.631 e. The molecule has 0 aromatic heterocycles. The van der Waals surface area contributed by atoms with Crippen molar-refractivity contribution in [3.05, 3.63) is 179 Å². The van der Waals surface area contributed by atoms with E-state index in [1.807, 2.05) is 0 Å². The van der Waals surface area contributed by atoms with Gasteiger partial charge in [-0.2, -0.15) is 0 Å². The van der Waals surface area contributed by atoms with Crippen LogP contribution in [0.1, 0.15) is 74.9 Å². The molecular formula is C45H48BN3O3. The molecule has 7 heteroatoms. The van der Waals surface area contributed by atoms with Crippen LogP contribution in [0.5, 0.6) is 0 Å². The Bertz CT molecular complexity index is 1790. The maximum atomic E-state index is 7.17. The summed E-state index contributed by atoms with van der Waals surface area (Å²) in [6.45, 7) is 13.7. The van der Waals surface area contributed by atoms with Gasteiger partial charge in [-0.05, 0) is 69.8 Å². The summed E-state index contributed by atoms with van der Waals surface area (Å²) < 4.78 is 0. The minimum absolute atomic E-state index is 0.0818. The monoisotopic (exact) mass is 689 g/mol. The first kappa shape index (κ1) is 36.5. The number of rotatable bonds is 0. The van der Waals surface area contributed by atoms with E-state index in [0.717, 1.165) is 0 Å². The van der Waals surface area contributed by atoms with E-state index in [4.69, 9.17) is 15.1 Å².